The van der Waals surface area contributed by atoms with Crippen LogP contribution in [0.4, 0.5) is 5.69 Å². The van der Waals surface area contributed by atoms with Crippen molar-refractivity contribution in [2.45, 2.75) is 6.04 Å². The van der Waals surface area contributed by atoms with Gasteiger partial charge in [0.05, 0.1) is 0 Å². The van der Waals surface area contributed by atoms with Crippen molar-refractivity contribution in [3.63, 3.8) is 0 Å². The van der Waals surface area contributed by atoms with Crippen molar-refractivity contribution in [3.8, 4) is 0 Å². The van der Waals surface area contributed by atoms with E-state index in [0.717, 1.165) is 5.56 Å². The quantitative estimate of drug-likeness (QED) is 0.803. The standard InChI is InChI=1S/C15H12ClN5O/c16-12-6-8-13(9-7-12)18-15(22)14(21-10-17-19-20-21)11-4-2-1-3-5-11/h1-10,14H,(H,18,22). The topological polar surface area (TPSA) is 72.7 Å². The van der Waals surface area contributed by atoms with Crippen LogP contribution in [-0.2, 0) is 4.79 Å². The third kappa shape index (κ3) is 3.12. The smallest absolute Gasteiger partial charge is 0.253 e. The van der Waals surface area contributed by atoms with Crippen LogP contribution in [0.15, 0.2) is 60.9 Å². The van der Waals surface area contributed by atoms with Crippen LogP contribution >= 0.6 is 11.6 Å². The lowest BCUT2D eigenvalue weighted by atomic mass is 10.1. The largest absolute Gasteiger partial charge is 0.324 e. The predicted molar refractivity (Wildman–Crippen MR) is 82.5 cm³/mol. The Labute approximate surface area is 131 Å². The van der Waals surface area contributed by atoms with Crippen LogP contribution < -0.4 is 5.32 Å². The highest BCUT2D eigenvalue weighted by Crippen LogP contribution is 2.20. The molecule has 0 spiro atoms. The average Bonchev–Trinajstić information content (AvgIpc) is 3.05. The zero-order valence-electron chi connectivity index (χ0n) is 11.4. The van der Waals surface area contributed by atoms with Crippen LogP contribution in [-0.4, -0.2) is 26.1 Å². The normalized spacial score (nSPS) is 11.9. The fraction of sp³-hybridized carbons (Fsp3) is 0.0667. The van der Waals surface area contributed by atoms with Gasteiger partial charge in [-0.05, 0) is 40.3 Å². The number of benzene rings is 2. The molecule has 1 atom stereocenters. The third-order valence-electron chi connectivity index (χ3n) is 3.10. The highest BCUT2D eigenvalue weighted by atomic mass is 35.5. The van der Waals surface area contributed by atoms with Crippen LogP contribution in [0.25, 0.3) is 0 Å². The number of rotatable bonds is 4. The summed E-state index contributed by atoms with van der Waals surface area (Å²) in [6, 6.07) is 15.6. The number of aromatic nitrogens is 4. The fourth-order valence-electron chi connectivity index (χ4n) is 2.09. The van der Waals surface area contributed by atoms with E-state index in [1.54, 1.807) is 24.3 Å². The van der Waals surface area contributed by atoms with Crippen LogP contribution in [0.2, 0.25) is 5.02 Å². The number of carbonyl (C=O) groups excluding carboxylic acids is 1. The molecule has 1 heterocycles. The molecule has 3 rings (SSSR count). The molecular formula is C15H12ClN5O. The Morgan fingerprint density at radius 3 is 2.45 bits per heavy atom. The van der Waals surface area contributed by atoms with E-state index in [-0.39, 0.29) is 5.91 Å². The molecule has 22 heavy (non-hydrogen) atoms. The van der Waals surface area contributed by atoms with E-state index in [9.17, 15) is 4.79 Å². The highest BCUT2D eigenvalue weighted by Gasteiger charge is 2.23. The van der Waals surface area contributed by atoms with Gasteiger partial charge in [0.1, 0.15) is 6.33 Å². The van der Waals surface area contributed by atoms with Crippen molar-refractivity contribution in [2.24, 2.45) is 0 Å². The molecule has 7 heteroatoms. The molecule has 2 aromatic carbocycles. The molecule has 0 radical (unpaired) electrons. The number of hydrogen-bond donors (Lipinski definition) is 1. The van der Waals surface area contributed by atoms with E-state index in [2.05, 4.69) is 20.8 Å². The Kier molecular flexibility index (Phi) is 4.11. The third-order valence-corrected chi connectivity index (χ3v) is 3.36. The summed E-state index contributed by atoms with van der Waals surface area (Å²) in [5.41, 5.74) is 1.45. The molecule has 0 aliphatic heterocycles. The van der Waals surface area contributed by atoms with Crippen molar-refractivity contribution < 1.29 is 4.79 Å². The van der Waals surface area contributed by atoms with Gasteiger partial charge in [-0.3, -0.25) is 4.79 Å². The fourth-order valence-corrected chi connectivity index (χ4v) is 2.22. The van der Waals surface area contributed by atoms with Crippen LogP contribution in [0.1, 0.15) is 11.6 Å². The van der Waals surface area contributed by atoms with E-state index in [1.165, 1.54) is 11.0 Å². The van der Waals surface area contributed by atoms with E-state index >= 15 is 0 Å². The van der Waals surface area contributed by atoms with Gasteiger partial charge in [0, 0.05) is 10.7 Å². The first-order valence-electron chi connectivity index (χ1n) is 6.58. The average molecular weight is 314 g/mol. The Hall–Kier alpha value is -2.73. The van der Waals surface area contributed by atoms with E-state index in [1.807, 2.05) is 30.3 Å². The Balaban J connectivity index is 1.89. The van der Waals surface area contributed by atoms with E-state index in [4.69, 9.17) is 11.6 Å². The first-order chi connectivity index (χ1) is 10.7. The van der Waals surface area contributed by atoms with Gasteiger partial charge in [-0.15, -0.1) is 5.10 Å². The summed E-state index contributed by atoms with van der Waals surface area (Å²) in [6.07, 6.45) is 1.42. The molecule has 0 saturated carbocycles. The van der Waals surface area contributed by atoms with Crippen molar-refractivity contribution in [1.82, 2.24) is 20.2 Å². The summed E-state index contributed by atoms with van der Waals surface area (Å²) in [5, 5.41) is 14.5. The highest BCUT2D eigenvalue weighted by molar-refractivity contribution is 6.30. The van der Waals surface area contributed by atoms with Gasteiger partial charge in [0.25, 0.3) is 5.91 Å². The number of nitrogens with one attached hydrogen (secondary N) is 1. The van der Waals surface area contributed by atoms with Crippen molar-refractivity contribution in [2.75, 3.05) is 5.32 Å². The van der Waals surface area contributed by atoms with Gasteiger partial charge < -0.3 is 5.32 Å². The maximum Gasteiger partial charge on any atom is 0.253 e. The first-order valence-corrected chi connectivity index (χ1v) is 6.96. The van der Waals surface area contributed by atoms with Crippen molar-refractivity contribution in [1.29, 1.82) is 0 Å². The van der Waals surface area contributed by atoms with E-state index in [0.29, 0.717) is 10.7 Å². The molecule has 0 aliphatic rings. The zero-order valence-corrected chi connectivity index (χ0v) is 12.2. The lowest BCUT2D eigenvalue weighted by Gasteiger charge is -2.16. The summed E-state index contributed by atoms with van der Waals surface area (Å²) in [7, 11) is 0. The minimum absolute atomic E-state index is 0.235. The molecule has 1 aromatic heterocycles. The van der Waals surface area contributed by atoms with Crippen molar-refractivity contribution >= 4 is 23.2 Å². The monoisotopic (exact) mass is 313 g/mol. The Morgan fingerprint density at radius 2 is 1.82 bits per heavy atom. The molecule has 1 N–H and O–H groups in total. The molecule has 110 valence electrons. The Bertz CT molecular complexity index is 743. The molecular weight excluding hydrogens is 302 g/mol. The van der Waals surface area contributed by atoms with Gasteiger partial charge in [0.2, 0.25) is 0 Å². The van der Waals surface area contributed by atoms with Crippen LogP contribution in [0.3, 0.4) is 0 Å². The van der Waals surface area contributed by atoms with E-state index < -0.39 is 6.04 Å². The summed E-state index contributed by atoms with van der Waals surface area (Å²) in [5.74, 6) is -0.235. The summed E-state index contributed by atoms with van der Waals surface area (Å²) >= 11 is 5.84. The Morgan fingerprint density at radius 1 is 1.09 bits per heavy atom. The zero-order chi connectivity index (χ0) is 15.4. The molecule has 0 saturated heterocycles. The van der Waals surface area contributed by atoms with Gasteiger partial charge in [-0.2, -0.15) is 0 Å². The predicted octanol–water partition coefficient (Wildman–Crippen LogP) is 2.55. The number of amides is 1. The molecule has 3 aromatic rings. The molecule has 1 amide bonds. The number of carbonyl (C=O) groups is 1. The number of halogens is 1. The number of hydrogen-bond acceptors (Lipinski definition) is 4. The SMILES string of the molecule is O=C(Nc1ccc(Cl)cc1)C(c1ccccc1)n1cnnn1. The van der Waals surface area contributed by atoms with Gasteiger partial charge in [-0.1, -0.05) is 41.9 Å². The number of nitrogens with zero attached hydrogens (tertiary/aromatic N) is 4. The molecule has 0 bridgehead atoms. The van der Waals surface area contributed by atoms with Gasteiger partial charge in [-0.25, -0.2) is 4.68 Å². The second kappa shape index (κ2) is 6.36. The van der Waals surface area contributed by atoms with Gasteiger partial charge >= 0.3 is 0 Å². The maximum absolute atomic E-state index is 12.6. The molecule has 0 aliphatic carbocycles. The summed E-state index contributed by atoms with van der Waals surface area (Å²) in [4.78, 5) is 12.6. The summed E-state index contributed by atoms with van der Waals surface area (Å²) < 4.78 is 1.42. The van der Waals surface area contributed by atoms with Gasteiger partial charge in [0.15, 0.2) is 6.04 Å². The number of tetrazole rings is 1. The maximum atomic E-state index is 12.6. The van der Waals surface area contributed by atoms with Crippen LogP contribution in [0.5, 0.6) is 0 Å². The second-order valence-electron chi connectivity index (χ2n) is 4.60. The lowest BCUT2D eigenvalue weighted by Crippen LogP contribution is -2.27. The molecule has 6 nitrogen and oxygen atoms in total. The number of anilines is 1. The van der Waals surface area contributed by atoms with Crippen molar-refractivity contribution in [3.05, 3.63) is 71.5 Å². The molecule has 1 unspecified atom stereocenters. The molecule has 0 fully saturated rings. The second-order valence-corrected chi connectivity index (χ2v) is 5.04. The van der Waals surface area contributed by atoms with Crippen LogP contribution in [0, 0.1) is 0 Å². The lowest BCUT2D eigenvalue weighted by molar-refractivity contribution is -0.118. The first kappa shape index (κ1) is 14.2. The minimum Gasteiger partial charge on any atom is -0.324 e. The summed E-state index contributed by atoms with van der Waals surface area (Å²) in [6.45, 7) is 0. The minimum atomic E-state index is -0.646.